The van der Waals surface area contributed by atoms with Crippen LogP contribution in [0.5, 0.6) is 0 Å². The highest BCUT2D eigenvalue weighted by Gasteiger charge is 2.15. The number of aliphatic hydroxyl groups excluding tert-OH is 1. The molecule has 1 N–H and O–H groups in total. The van der Waals surface area contributed by atoms with Crippen LogP contribution in [0, 0.1) is 0 Å². The van der Waals surface area contributed by atoms with Crippen molar-refractivity contribution in [3.63, 3.8) is 0 Å². The number of aliphatic hydroxyl groups is 1. The third-order valence-corrected chi connectivity index (χ3v) is 6.52. The number of rotatable bonds is 4. The van der Waals surface area contributed by atoms with Gasteiger partial charge in [-0.15, -0.1) is 0 Å². The first-order valence-electron chi connectivity index (χ1n) is 4.68. The highest BCUT2D eigenvalue weighted by Crippen LogP contribution is 2.21. The molecule has 1 aromatic heterocycles. The first-order valence-corrected chi connectivity index (χ1v) is 9.37. The number of nitrogens with zero attached hydrogens (tertiary/aromatic N) is 2. The maximum absolute atomic E-state index is 9.00. The Labute approximate surface area is 90.6 Å². The largest absolute Gasteiger partial charge is 0.390 e. The van der Waals surface area contributed by atoms with Gasteiger partial charge in [-0.1, -0.05) is 31.4 Å². The molecule has 0 saturated heterocycles. The predicted octanol–water partition coefficient (Wildman–Crippen LogP) is 1.88. The van der Waals surface area contributed by atoms with Crippen molar-refractivity contribution in [1.29, 1.82) is 0 Å². The van der Waals surface area contributed by atoms with E-state index in [1.54, 1.807) is 18.0 Å². The van der Waals surface area contributed by atoms with Crippen molar-refractivity contribution in [2.75, 3.05) is 5.38 Å². The number of thioether (sulfide) groups is 1. The SMILES string of the molecule is Cn1c(CO)cnc1SC[Si](C)(C)C. The maximum atomic E-state index is 9.00. The summed E-state index contributed by atoms with van der Waals surface area (Å²) in [6.45, 7) is 7.10. The quantitative estimate of drug-likeness (QED) is 0.634. The molecule has 0 fully saturated rings. The fourth-order valence-electron chi connectivity index (χ4n) is 0.988. The molecule has 0 amide bonds. The third kappa shape index (κ3) is 3.15. The van der Waals surface area contributed by atoms with E-state index >= 15 is 0 Å². The normalized spacial score (nSPS) is 12.1. The van der Waals surface area contributed by atoms with E-state index in [-0.39, 0.29) is 6.61 Å². The lowest BCUT2D eigenvalue weighted by molar-refractivity contribution is 0.271. The Morgan fingerprint density at radius 1 is 1.50 bits per heavy atom. The number of hydrogen-bond acceptors (Lipinski definition) is 3. The minimum atomic E-state index is -1.02. The molecule has 0 spiro atoms. The van der Waals surface area contributed by atoms with E-state index < -0.39 is 8.07 Å². The average molecular weight is 230 g/mol. The molecule has 5 heteroatoms. The van der Waals surface area contributed by atoms with Crippen molar-refractivity contribution in [3.8, 4) is 0 Å². The molecular formula is C9H18N2OSSi. The summed E-state index contributed by atoms with van der Waals surface area (Å²) in [7, 11) is 0.933. The molecule has 0 bridgehead atoms. The molecule has 80 valence electrons. The van der Waals surface area contributed by atoms with Gasteiger partial charge in [-0.2, -0.15) is 0 Å². The third-order valence-electron chi connectivity index (χ3n) is 1.84. The van der Waals surface area contributed by atoms with E-state index in [9.17, 15) is 0 Å². The lowest BCUT2D eigenvalue weighted by atomic mass is 10.5. The second-order valence-electron chi connectivity index (χ2n) is 4.60. The molecule has 0 aliphatic rings. The summed E-state index contributed by atoms with van der Waals surface area (Å²) in [5, 5.41) is 11.2. The smallest absolute Gasteiger partial charge is 0.167 e. The van der Waals surface area contributed by atoms with Crippen molar-refractivity contribution in [2.24, 2.45) is 7.05 Å². The first kappa shape index (κ1) is 11.8. The van der Waals surface area contributed by atoms with Gasteiger partial charge in [-0.05, 0) is 5.38 Å². The van der Waals surface area contributed by atoms with Gasteiger partial charge < -0.3 is 9.67 Å². The Balaban J connectivity index is 2.64. The minimum absolute atomic E-state index is 0.0665. The second kappa shape index (κ2) is 4.50. The molecule has 0 aromatic carbocycles. The average Bonchev–Trinajstić information content (AvgIpc) is 2.42. The van der Waals surface area contributed by atoms with Gasteiger partial charge in [-0.3, -0.25) is 0 Å². The van der Waals surface area contributed by atoms with Crippen molar-refractivity contribution in [2.45, 2.75) is 31.4 Å². The van der Waals surface area contributed by atoms with E-state index in [0.29, 0.717) is 0 Å². The lowest BCUT2D eigenvalue weighted by Crippen LogP contribution is -2.24. The zero-order valence-corrected chi connectivity index (χ0v) is 11.1. The second-order valence-corrected chi connectivity index (χ2v) is 11.5. The number of hydrogen-bond donors (Lipinski definition) is 1. The molecule has 0 radical (unpaired) electrons. The van der Waals surface area contributed by atoms with Gasteiger partial charge >= 0.3 is 0 Å². The molecule has 0 aliphatic heterocycles. The van der Waals surface area contributed by atoms with Crippen LogP contribution in [0.15, 0.2) is 11.4 Å². The lowest BCUT2D eigenvalue weighted by Gasteiger charge is -2.14. The van der Waals surface area contributed by atoms with E-state index in [4.69, 9.17) is 5.11 Å². The number of aromatic nitrogens is 2. The summed E-state index contributed by atoms with van der Waals surface area (Å²) in [6, 6.07) is 0. The van der Waals surface area contributed by atoms with Crippen LogP contribution < -0.4 is 0 Å². The Morgan fingerprint density at radius 2 is 2.14 bits per heavy atom. The van der Waals surface area contributed by atoms with Gasteiger partial charge in [0.2, 0.25) is 0 Å². The molecule has 1 aromatic rings. The minimum Gasteiger partial charge on any atom is -0.390 e. The summed E-state index contributed by atoms with van der Waals surface area (Å²) in [4.78, 5) is 4.28. The highest BCUT2D eigenvalue weighted by molar-refractivity contribution is 8.00. The predicted molar refractivity (Wildman–Crippen MR) is 63.2 cm³/mol. The van der Waals surface area contributed by atoms with Crippen molar-refractivity contribution >= 4 is 19.8 Å². The van der Waals surface area contributed by atoms with Crippen LogP contribution in [0.1, 0.15) is 5.69 Å². The molecular weight excluding hydrogens is 212 g/mol. The summed E-state index contributed by atoms with van der Waals surface area (Å²) in [5.74, 6) is 0. The zero-order valence-electron chi connectivity index (χ0n) is 9.24. The Bertz CT molecular complexity index is 306. The van der Waals surface area contributed by atoms with Gasteiger partial charge in [-0.25, -0.2) is 4.98 Å². The van der Waals surface area contributed by atoms with Gasteiger partial charge in [0.05, 0.1) is 26.6 Å². The fraction of sp³-hybridized carbons (Fsp3) is 0.667. The Hall–Kier alpha value is -0.263. The molecule has 3 nitrogen and oxygen atoms in total. The van der Waals surface area contributed by atoms with Crippen molar-refractivity contribution < 1.29 is 5.11 Å². The summed E-state index contributed by atoms with van der Waals surface area (Å²) >= 11 is 1.79. The molecule has 1 heterocycles. The van der Waals surface area contributed by atoms with E-state index in [1.165, 1.54) is 5.38 Å². The van der Waals surface area contributed by atoms with Gasteiger partial charge in [0, 0.05) is 7.05 Å². The standard InChI is InChI=1S/C9H18N2OSSi/c1-11-8(6-12)5-10-9(11)13-7-14(2,3)4/h5,12H,6-7H2,1-4H3. The highest BCUT2D eigenvalue weighted by atomic mass is 32.2. The van der Waals surface area contributed by atoms with E-state index in [1.807, 2.05) is 11.6 Å². The molecule has 0 saturated carbocycles. The van der Waals surface area contributed by atoms with Crippen LogP contribution in [0.4, 0.5) is 0 Å². The molecule has 0 unspecified atom stereocenters. The monoisotopic (exact) mass is 230 g/mol. The molecule has 0 aliphatic carbocycles. The van der Waals surface area contributed by atoms with Crippen molar-refractivity contribution in [1.82, 2.24) is 9.55 Å². The summed E-state index contributed by atoms with van der Waals surface area (Å²) < 4.78 is 1.96. The summed E-state index contributed by atoms with van der Waals surface area (Å²) in [5.41, 5.74) is 0.878. The van der Waals surface area contributed by atoms with Gasteiger partial charge in [0.1, 0.15) is 0 Å². The zero-order chi connectivity index (χ0) is 10.8. The molecule has 14 heavy (non-hydrogen) atoms. The van der Waals surface area contributed by atoms with Crippen molar-refractivity contribution in [3.05, 3.63) is 11.9 Å². The van der Waals surface area contributed by atoms with Crippen LogP contribution in [0.3, 0.4) is 0 Å². The fourth-order valence-corrected chi connectivity index (χ4v) is 3.67. The van der Waals surface area contributed by atoms with Gasteiger partial charge in [0.15, 0.2) is 5.16 Å². The van der Waals surface area contributed by atoms with Gasteiger partial charge in [0.25, 0.3) is 0 Å². The number of imidazole rings is 1. The maximum Gasteiger partial charge on any atom is 0.167 e. The van der Waals surface area contributed by atoms with Crippen LogP contribution in [0.25, 0.3) is 0 Å². The Kier molecular flexibility index (Phi) is 3.80. The van der Waals surface area contributed by atoms with Crippen LogP contribution in [-0.2, 0) is 13.7 Å². The summed E-state index contributed by atoms with van der Waals surface area (Å²) in [6.07, 6.45) is 1.74. The van der Waals surface area contributed by atoms with Crippen LogP contribution in [0.2, 0.25) is 19.6 Å². The van der Waals surface area contributed by atoms with E-state index in [0.717, 1.165) is 10.9 Å². The Morgan fingerprint density at radius 3 is 2.57 bits per heavy atom. The topological polar surface area (TPSA) is 38.0 Å². The molecule has 1 rings (SSSR count). The first-order chi connectivity index (χ1) is 6.44. The van der Waals surface area contributed by atoms with Crippen LogP contribution >= 0.6 is 11.8 Å². The van der Waals surface area contributed by atoms with E-state index in [2.05, 4.69) is 24.6 Å². The van der Waals surface area contributed by atoms with Crippen LogP contribution in [-0.4, -0.2) is 28.1 Å². The molecule has 0 atom stereocenters.